The summed E-state index contributed by atoms with van der Waals surface area (Å²) >= 11 is 0.135. The summed E-state index contributed by atoms with van der Waals surface area (Å²) in [6.07, 6.45) is 3.70. The number of benzene rings is 4. The number of rotatable bonds is 4. The molecular formula is C33H20N2OPtSe. The normalized spacial score (nSPS) is 11.5. The van der Waals surface area contributed by atoms with Gasteiger partial charge in [0.15, 0.2) is 0 Å². The first-order valence-corrected chi connectivity index (χ1v) is 13.8. The molecule has 0 aliphatic carbocycles. The van der Waals surface area contributed by atoms with Crippen molar-refractivity contribution in [3.05, 3.63) is 121 Å². The van der Waals surface area contributed by atoms with Crippen LogP contribution in [0.15, 0.2) is 103 Å². The molecule has 3 heterocycles. The van der Waals surface area contributed by atoms with E-state index in [0.29, 0.717) is 11.5 Å². The molecule has 1 aliphatic heterocycles. The van der Waals surface area contributed by atoms with E-state index < -0.39 is 0 Å². The van der Waals surface area contributed by atoms with Gasteiger partial charge in [0.05, 0.1) is 0 Å². The van der Waals surface area contributed by atoms with Gasteiger partial charge in [-0.05, 0) is 6.07 Å². The molecule has 38 heavy (non-hydrogen) atoms. The van der Waals surface area contributed by atoms with Crippen molar-refractivity contribution >= 4 is 34.7 Å². The summed E-state index contributed by atoms with van der Waals surface area (Å²) in [5, 5.41) is 2.66. The second kappa shape index (κ2) is 10.3. The van der Waals surface area contributed by atoms with Crippen LogP contribution in [0.25, 0.3) is 44.4 Å². The van der Waals surface area contributed by atoms with Gasteiger partial charge in [0.1, 0.15) is 0 Å². The Morgan fingerprint density at radius 3 is 2.42 bits per heavy atom. The summed E-state index contributed by atoms with van der Waals surface area (Å²) in [6.45, 7) is 2.08. The number of hydrogen-bond acceptors (Lipinski definition) is 3. The Bertz CT molecular complexity index is 1800. The Labute approximate surface area is 242 Å². The number of ether oxygens (including phenoxy) is 1. The van der Waals surface area contributed by atoms with Crippen LogP contribution in [0.2, 0.25) is 0 Å². The van der Waals surface area contributed by atoms with Crippen molar-refractivity contribution in [3.63, 3.8) is 0 Å². The average Bonchev–Trinajstić information content (AvgIpc) is 2.93. The number of hydrogen-bond donors (Lipinski definition) is 0. The summed E-state index contributed by atoms with van der Waals surface area (Å²) in [5.74, 6) is 1.28. The molecule has 0 spiro atoms. The molecule has 7 rings (SSSR count). The van der Waals surface area contributed by atoms with E-state index in [9.17, 15) is 0 Å². The number of nitrogens with zero attached hydrogens (tertiary/aromatic N) is 2. The molecule has 0 unspecified atom stereocenters. The van der Waals surface area contributed by atoms with Gasteiger partial charge in [-0.1, -0.05) is 0 Å². The molecule has 3 nitrogen and oxygen atoms in total. The van der Waals surface area contributed by atoms with E-state index in [1.54, 1.807) is 6.20 Å². The number of aryl methyl sites for hydroxylation is 1. The Hall–Kier alpha value is -3.55. The van der Waals surface area contributed by atoms with Crippen LogP contribution in [0.4, 0.5) is 0 Å². The SMILES string of the molecule is Cc1cc(Oc2[c-]c(-c3ccccn3)ccc2)[c-]c(-c2nccc3c2[Se]c2cccc4cccc-3c24)c1.[Pt+2]. The quantitative estimate of drug-likeness (QED) is 0.158. The van der Waals surface area contributed by atoms with Crippen molar-refractivity contribution in [2.45, 2.75) is 6.92 Å². The predicted octanol–water partition coefficient (Wildman–Crippen LogP) is 6.30. The topological polar surface area (TPSA) is 35.0 Å². The third-order valence-electron chi connectivity index (χ3n) is 6.45. The maximum Gasteiger partial charge on any atom is 2.00 e. The van der Waals surface area contributed by atoms with E-state index in [1.165, 1.54) is 30.8 Å². The van der Waals surface area contributed by atoms with E-state index in [0.717, 1.165) is 28.1 Å². The fourth-order valence-electron chi connectivity index (χ4n) is 4.84. The van der Waals surface area contributed by atoms with Crippen LogP contribution < -0.4 is 13.7 Å². The van der Waals surface area contributed by atoms with E-state index in [2.05, 4.69) is 72.6 Å². The summed E-state index contributed by atoms with van der Waals surface area (Å²) in [6, 6.07) is 38.0. The smallest absolute Gasteiger partial charge is 2.00 e. The van der Waals surface area contributed by atoms with Gasteiger partial charge in [-0.3, -0.25) is 0 Å². The predicted molar refractivity (Wildman–Crippen MR) is 150 cm³/mol. The maximum atomic E-state index is 6.27. The van der Waals surface area contributed by atoms with Gasteiger partial charge in [-0.25, -0.2) is 0 Å². The van der Waals surface area contributed by atoms with Crippen molar-refractivity contribution in [2.24, 2.45) is 0 Å². The van der Waals surface area contributed by atoms with E-state index >= 15 is 0 Å². The molecule has 6 aromatic rings. The summed E-state index contributed by atoms with van der Waals surface area (Å²) < 4.78 is 8.95. The average molecular weight is 735 g/mol. The number of aromatic nitrogens is 2. The van der Waals surface area contributed by atoms with Gasteiger partial charge in [0.25, 0.3) is 0 Å². The second-order valence-electron chi connectivity index (χ2n) is 8.98. The monoisotopic (exact) mass is 735 g/mol. The van der Waals surface area contributed by atoms with Crippen LogP contribution in [-0.2, 0) is 21.1 Å². The van der Waals surface area contributed by atoms with Crippen LogP contribution in [0.5, 0.6) is 11.5 Å². The van der Waals surface area contributed by atoms with Crippen LogP contribution in [0, 0.1) is 19.1 Å². The van der Waals surface area contributed by atoms with E-state index in [-0.39, 0.29) is 36.0 Å². The molecule has 4 aromatic carbocycles. The minimum atomic E-state index is 0. The second-order valence-corrected chi connectivity index (χ2v) is 11.2. The molecule has 184 valence electrons. The molecule has 1 aliphatic rings. The zero-order valence-electron chi connectivity index (χ0n) is 20.3. The first-order valence-electron chi connectivity index (χ1n) is 12.1. The van der Waals surface area contributed by atoms with Gasteiger partial charge in [0.2, 0.25) is 0 Å². The zero-order chi connectivity index (χ0) is 24.8. The summed E-state index contributed by atoms with van der Waals surface area (Å²) in [5.41, 5.74) is 7.31. The maximum absolute atomic E-state index is 6.27. The van der Waals surface area contributed by atoms with Crippen molar-refractivity contribution in [1.82, 2.24) is 9.97 Å². The van der Waals surface area contributed by atoms with Crippen LogP contribution in [0.1, 0.15) is 5.56 Å². The molecule has 0 amide bonds. The van der Waals surface area contributed by atoms with Crippen molar-refractivity contribution in [3.8, 4) is 45.1 Å². The molecule has 2 aromatic heterocycles. The molecule has 0 atom stereocenters. The third-order valence-corrected chi connectivity index (χ3v) is 8.92. The van der Waals surface area contributed by atoms with Crippen LogP contribution in [-0.4, -0.2) is 24.9 Å². The summed E-state index contributed by atoms with van der Waals surface area (Å²) in [4.78, 5) is 9.29. The molecule has 0 N–H and O–H groups in total. The zero-order valence-corrected chi connectivity index (χ0v) is 24.3. The number of fused-ring (bicyclic) bond motifs is 2. The van der Waals surface area contributed by atoms with Crippen molar-refractivity contribution in [2.75, 3.05) is 0 Å². The molecule has 0 fully saturated rings. The minimum absolute atomic E-state index is 0. The van der Waals surface area contributed by atoms with Gasteiger partial charge in [0, 0.05) is 0 Å². The molecule has 0 bridgehead atoms. The van der Waals surface area contributed by atoms with Crippen molar-refractivity contribution in [1.29, 1.82) is 0 Å². The molecule has 5 heteroatoms. The standard InChI is InChI=1S/C33H20N2OSe.Pt/c1-21-17-24(20-26(18-21)36-25-10-4-9-23(19-25)29-12-2-3-15-34-29)32-33-28(14-16-35-32)27-11-5-7-22-8-6-13-30(37-33)31(22)27;/h2-18H,1H3;/q-2;+2. The summed E-state index contributed by atoms with van der Waals surface area (Å²) in [7, 11) is 0. The minimum Gasteiger partial charge on any atom is 2.00 e. The van der Waals surface area contributed by atoms with E-state index in [1.807, 2.05) is 48.7 Å². The Balaban J connectivity index is 0.00000264. The fourth-order valence-corrected chi connectivity index (χ4v) is 7.45. The molecule has 0 saturated heterocycles. The van der Waals surface area contributed by atoms with E-state index in [4.69, 9.17) is 9.72 Å². The molecule has 0 radical (unpaired) electrons. The Morgan fingerprint density at radius 2 is 1.55 bits per heavy atom. The van der Waals surface area contributed by atoms with Crippen LogP contribution >= 0.6 is 0 Å². The number of pyridine rings is 2. The largest absolute Gasteiger partial charge is 2.00 e. The van der Waals surface area contributed by atoms with Crippen molar-refractivity contribution < 1.29 is 25.8 Å². The molecule has 0 saturated carbocycles. The Kier molecular flexibility index (Phi) is 6.72. The van der Waals surface area contributed by atoms with Crippen LogP contribution in [0.3, 0.4) is 0 Å². The fraction of sp³-hybridized carbons (Fsp3) is 0.0303. The van der Waals surface area contributed by atoms with Gasteiger partial charge >= 0.3 is 238 Å². The van der Waals surface area contributed by atoms with Gasteiger partial charge in [-0.15, -0.1) is 0 Å². The first-order chi connectivity index (χ1) is 18.2. The Morgan fingerprint density at radius 1 is 0.711 bits per heavy atom. The van der Waals surface area contributed by atoms with Gasteiger partial charge < -0.3 is 0 Å². The van der Waals surface area contributed by atoms with Gasteiger partial charge in [-0.2, -0.15) is 0 Å². The molecular weight excluding hydrogens is 714 g/mol. The third kappa shape index (κ3) is 4.50. The first kappa shape index (κ1) is 24.8.